The number of carbonyl (C=O) groups excluding carboxylic acids is 20. The molecule has 0 aromatic heterocycles. The summed E-state index contributed by atoms with van der Waals surface area (Å²) < 4.78 is 0. The molecular weight excluding hydrogens is 1860 g/mol. The largest absolute Gasteiger partial charge is 0.508 e. The molecule has 19 atom stereocenters. The molecule has 798 valence electrons. The fraction of sp³-hybridized carbons (Fsp3) is 0.707. The Morgan fingerprint density at radius 1 is 0.401 bits per heavy atom. The average molecular weight is 2010 g/mol. The summed E-state index contributed by atoms with van der Waals surface area (Å²) in [6.07, 6.45) is 1.33. The van der Waals surface area contributed by atoms with E-state index in [1.807, 2.05) is 0 Å². The number of amides is 20. The number of aliphatic hydroxyl groups excluding tert-OH is 4. The fourth-order valence-electron chi connectivity index (χ4n) is 16.2. The van der Waals surface area contributed by atoms with Crippen molar-refractivity contribution in [3.8, 4) is 5.75 Å². The number of benzene rings is 1. The van der Waals surface area contributed by atoms with Crippen LogP contribution in [0.5, 0.6) is 5.75 Å². The van der Waals surface area contributed by atoms with Crippen molar-refractivity contribution in [2.75, 3.05) is 72.2 Å². The number of primary amides is 1. The molecule has 1 aromatic rings. The van der Waals surface area contributed by atoms with Gasteiger partial charge in [0, 0.05) is 32.5 Å². The van der Waals surface area contributed by atoms with E-state index in [-0.39, 0.29) is 108 Å². The molecule has 30 N–H and O–H groups in total. The second kappa shape index (κ2) is 61.5. The van der Waals surface area contributed by atoms with Gasteiger partial charge < -0.3 is 153 Å². The molecule has 142 heavy (non-hydrogen) atoms. The van der Waals surface area contributed by atoms with E-state index in [9.17, 15) is 131 Å². The predicted molar refractivity (Wildman–Crippen MR) is 511 cm³/mol. The molecule has 0 bridgehead atoms. The quantitative estimate of drug-likeness (QED) is 0.0269. The summed E-state index contributed by atoms with van der Waals surface area (Å²) in [6.45, 7) is 14.3. The molecule has 3 fully saturated rings. The van der Waals surface area contributed by atoms with Crippen molar-refractivity contribution in [1.82, 2.24) is 99.8 Å². The molecule has 1 aromatic carbocycles. The molecule has 4 rings (SSSR count). The number of aromatic hydroxyl groups is 1. The summed E-state index contributed by atoms with van der Waals surface area (Å²) in [4.78, 5) is 292. The maximum absolute atomic E-state index is 14.9. The maximum Gasteiger partial charge on any atom is 0.326 e. The van der Waals surface area contributed by atoms with E-state index in [2.05, 4.69) is 85.1 Å². The van der Waals surface area contributed by atoms with Gasteiger partial charge in [-0.15, -0.1) is 0 Å². The first-order chi connectivity index (χ1) is 66.9. The monoisotopic (exact) mass is 2010 g/mol. The Balaban J connectivity index is 1.46. The lowest BCUT2D eigenvalue weighted by Gasteiger charge is -2.33. The summed E-state index contributed by atoms with van der Waals surface area (Å²) in [7, 11) is 0. The highest BCUT2D eigenvalue weighted by Crippen LogP contribution is 2.28. The van der Waals surface area contributed by atoms with Crippen molar-refractivity contribution < 1.29 is 131 Å². The number of phenolic OH excluding ortho intramolecular Hbond substituents is 1. The normalized spacial score (nSPS) is 18.0. The van der Waals surface area contributed by atoms with E-state index in [4.69, 9.17) is 22.9 Å². The number of nitrogens with two attached hydrogens (primary N) is 4. The van der Waals surface area contributed by atoms with Crippen LogP contribution in [0.1, 0.15) is 204 Å². The third-order valence-corrected chi connectivity index (χ3v) is 24.3. The molecule has 20 amide bonds. The average Bonchev–Trinajstić information content (AvgIpc) is 1.65. The zero-order valence-electron chi connectivity index (χ0n) is 83.2. The van der Waals surface area contributed by atoms with Gasteiger partial charge >= 0.3 is 5.97 Å². The minimum atomic E-state index is -1.99. The number of hydrogen-bond acceptors (Lipinski definition) is 29. The molecule has 0 unspecified atom stereocenters. The molecule has 50 heteroatoms. The van der Waals surface area contributed by atoms with Crippen LogP contribution in [0.3, 0.4) is 0 Å². The highest BCUT2D eigenvalue weighted by atomic mass is 16.4. The lowest BCUT2D eigenvalue weighted by atomic mass is 9.95. The smallest absolute Gasteiger partial charge is 0.326 e. The van der Waals surface area contributed by atoms with Gasteiger partial charge in [-0.05, 0) is 171 Å². The van der Waals surface area contributed by atoms with Gasteiger partial charge in [-0.1, -0.05) is 94.2 Å². The number of rotatable bonds is 62. The molecule has 3 aliphatic heterocycles. The van der Waals surface area contributed by atoms with Gasteiger partial charge in [-0.2, -0.15) is 0 Å². The van der Waals surface area contributed by atoms with Crippen LogP contribution in [0, 0.1) is 29.6 Å². The number of phenols is 1. The molecule has 0 aliphatic carbocycles. The molecule has 0 saturated carbocycles. The Morgan fingerprint density at radius 3 is 1.30 bits per heavy atom. The van der Waals surface area contributed by atoms with Crippen LogP contribution in [0.4, 0.5) is 0 Å². The van der Waals surface area contributed by atoms with Gasteiger partial charge in [0.2, 0.25) is 118 Å². The Morgan fingerprint density at radius 2 is 0.803 bits per heavy atom. The van der Waals surface area contributed by atoms with Crippen LogP contribution >= 0.6 is 0 Å². The Labute approximate surface area is 825 Å². The zero-order chi connectivity index (χ0) is 107. The SMILES string of the molecule is CC[C@H](C)[C@H](NC(=O)[C@H](CC(C)C)NC(=O)CNC(=O)[C@H](CCCCN)NC(=O)[C@@H]1CCCN1C(=O)[C@@H]1CCCN1C(=O)[C@H](CCC(N)=O)NC(=O)CNC(=O)[C@@H]1CCCN1C(=O)[C@@H](N)CCCCN)C(=O)N[C@@H](Cc1ccc(O)cc1)C(=O)N[C@@H](CC(C)C)C(=O)N[C@@H](CO)C(=O)N[C@@H](CO)C(=O)N[C@H](C(=O)N[C@@H](CC(C)C)C(=O)N[C@@H](C)C(=O)N[C@@H](CO)C(=O)NCC(=O)N[C@H](C(=O)O)C(C)C)[C@@H](C)O. The second-order valence-corrected chi connectivity index (χ2v) is 37.8. The van der Waals surface area contributed by atoms with E-state index < -0.39 is 290 Å². The van der Waals surface area contributed by atoms with Gasteiger partial charge in [-0.25, -0.2) is 4.79 Å². The minimum Gasteiger partial charge on any atom is -0.508 e. The first-order valence-electron chi connectivity index (χ1n) is 48.6. The zero-order valence-corrected chi connectivity index (χ0v) is 83.2. The number of nitrogens with one attached hydrogen (secondary N) is 16. The van der Waals surface area contributed by atoms with Crippen molar-refractivity contribution in [1.29, 1.82) is 0 Å². The highest BCUT2D eigenvalue weighted by Gasteiger charge is 2.47. The molecule has 0 spiro atoms. The van der Waals surface area contributed by atoms with Crippen LogP contribution in [-0.2, 0) is 107 Å². The van der Waals surface area contributed by atoms with Crippen molar-refractivity contribution in [2.24, 2.45) is 52.5 Å². The third kappa shape index (κ3) is 40.2. The lowest BCUT2D eigenvalue weighted by Crippen LogP contribution is -2.63. The lowest BCUT2D eigenvalue weighted by molar-refractivity contribution is -0.148. The number of carbonyl (C=O) groups is 21. The topological polar surface area (TPSA) is 786 Å². The summed E-state index contributed by atoms with van der Waals surface area (Å²) >= 11 is 0. The number of aliphatic carboxylic acids is 1. The number of nitrogens with zero attached hydrogens (tertiary/aromatic N) is 3. The summed E-state index contributed by atoms with van der Waals surface area (Å²) in [5.74, 6) is -21.9. The Hall–Kier alpha value is -12.4. The van der Waals surface area contributed by atoms with Gasteiger partial charge in [0.15, 0.2) is 0 Å². The van der Waals surface area contributed by atoms with E-state index in [0.717, 1.165) is 6.92 Å². The number of carboxylic acids is 1. The number of unbranched alkanes of at least 4 members (excludes halogenated alkanes) is 2. The van der Waals surface area contributed by atoms with Crippen molar-refractivity contribution in [3.05, 3.63) is 29.8 Å². The van der Waals surface area contributed by atoms with Crippen molar-refractivity contribution in [3.63, 3.8) is 0 Å². The number of hydrogen-bond donors (Lipinski definition) is 26. The van der Waals surface area contributed by atoms with E-state index >= 15 is 0 Å². The van der Waals surface area contributed by atoms with Gasteiger partial charge in [0.1, 0.15) is 102 Å². The fourth-order valence-corrected chi connectivity index (χ4v) is 16.2. The van der Waals surface area contributed by atoms with Crippen molar-refractivity contribution >= 4 is 124 Å². The number of carboxylic acid groups (broad SMARTS) is 1. The predicted octanol–water partition coefficient (Wildman–Crippen LogP) is -8.29. The molecule has 0 radical (unpaired) electrons. The number of aliphatic hydroxyl groups is 4. The third-order valence-electron chi connectivity index (χ3n) is 24.3. The van der Waals surface area contributed by atoms with Crippen LogP contribution in [0.25, 0.3) is 0 Å². The Kier molecular flexibility index (Phi) is 52.8. The van der Waals surface area contributed by atoms with Crippen LogP contribution in [0.2, 0.25) is 0 Å². The van der Waals surface area contributed by atoms with Crippen LogP contribution < -0.4 is 108 Å². The van der Waals surface area contributed by atoms with Gasteiger partial charge in [-0.3, -0.25) is 95.9 Å². The first-order valence-corrected chi connectivity index (χ1v) is 48.6. The summed E-state index contributed by atoms with van der Waals surface area (Å²) in [5, 5.41) is 100. The first kappa shape index (κ1) is 122. The molecule has 3 saturated heterocycles. The van der Waals surface area contributed by atoms with Crippen LogP contribution in [-0.4, -0.2) is 350 Å². The second-order valence-electron chi connectivity index (χ2n) is 37.8. The molecular formula is C92H153N23O27. The maximum atomic E-state index is 14.9. The van der Waals surface area contributed by atoms with Gasteiger partial charge in [0.05, 0.1) is 51.6 Å². The van der Waals surface area contributed by atoms with Crippen LogP contribution in [0.15, 0.2) is 24.3 Å². The van der Waals surface area contributed by atoms with Crippen molar-refractivity contribution in [2.45, 2.75) is 314 Å². The minimum absolute atomic E-state index is 0.00708. The summed E-state index contributed by atoms with van der Waals surface area (Å²) in [5.41, 5.74) is 23.4. The number of likely N-dealkylation sites (tertiary alicyclic amines) is 3. The van der Waals surface area contributed by atoms with E-state index in [1.165, 1.54) is 59.7 Å². The molecule has 3 aliphatic rings. The standard InChI is InChI=1S/C92H153N23O27/c1-13-51(10)74(111-82(131)59(37-47(2)3)102-71(123)41-97-77(126)57(22-15-17-33-94)103-86(135)67-24-19-35-114(67)91(140)68-25-20-36-115(68)90(139)58(30-31-69(96)121)101-70(122)42-99-85(134)66-23-18-34-113(66)89(138)56(95)21-14-16-32-93)87(136)106-62(40-54-26-28-55(120)29-27-54)81(130)104-61(39-49(6)7)80(129)108-64(45-117)83(132)109-65(46-118)84(133)112-75(53(12)119)88(137)105-60(38-48(4)5)79(128)100-52(11)76(125)107-63(44-116)78(127)98-43-72(124)110-73(50(8)9)92(141)142/h26-29,47-53,56-68,73-75,116-120H,13-25,30-46,93-95H2,1-12H3,(H2,96,121)(H,97,126)(H,98,127)(H,99,134)(H,100,128)(H,101,122)(H,102,123)(H,103,135)(H,104,130)(H,105,137)(H,106,136)(H,107,125)(H,108,129)(H,109,132)(H,110,124)(H,111,131)(H,112,133)(H,141,142)/t51-,52-,53+,56-,57-,58-,59-,60-,61-,62-,63-,64-,65-,66-,67-,68-,73-,74-,75-/m0/s1. The molecule has 50 nitrogen and oxygen atoms in total. The summed E-state index contributed by atoms with van der Waals surface area (Å²) in [6, 6.07) is -19.1. The van der Waals surface area contributed by atoms with Gasteiger partial charge in [0.25, 0.3) is 0 Å². The molecule has 3 heterocycles. The highest BCUT2D eigenvalue weighted by molar-refractivity contribution is 6.02. The van der Waals surface area contributed by atoms with E-state index in [1.54, 1.807) is 55.4 Å². The Bertz CT molecular complexity index is 4450. The van der Waals surface area contributed by atoms with E-state index in [0.29, 0.717) is 69.9 Å².